The molecule has 0 nitrogen and oxygen atoms in total. The molecule has 1 fully saturated rings. The van der Waals surface area contributed by atoms with Crippen LogP contribution in [0.4, 0.5) is 0 Å². The van der Waals surface area contributed by atoms with Gasteiger partial charge in [-0.25, -0.2) is 0 Å². The minimum atomic E-state index is 0. The maximum absolute atomic E-state index is 4.30. The lowest BCUT2D eigenvalue weighted by Crippen LogP contribution is -2.44. The van der Waals surface area contributed by atoms with Gasteiger partial charge >= 0.3 is 0 Å². The van der Waals surface area contributed by atoms with Crippen molar-refractivity contribution in [3.05, 3.63) is 23.8 Å². The third-order valence-corrected chi connectivity index (χ3v) is 4.57. The van der Waals surface area contributed by atoms with Crippen molar-refractivity contribution >= 4 is 24.8 Å². The van der Waals surface area contributed by atoms with E-state index in [2.05, 4.69) is 33.4 Å². The molecule has 2 rings (SSSR count). The van der Waals surface area contributed by atoms with Crippen LogP contribution in [0.15, 0.2) is 23.8 Å². The van der Waals surface area contributed by atoms with E-state index in [4.69, 9.17) is 0 Å². The quantitative estimate of drug-likeness (QED) is 0.508. The Labute approximate surface area is 119 Å². The van der Waals surface area contributed by atoms with E-state index in [9.17, 15) is 0 Å². The van der Waals surface area contributed by atoms with Crippen LogP contribution in [0.25, 0.3) is 0 Å². The van der Waals surface area contributed by atoms with Crippen molar-refractivity contribution in [3.8, 4) is 0 Å². The van der Waals surface area contributed by atoms with E-state index in [1.54, 1.807) is 5.57 Å². The molecule has 0 spiro atoms. The Kier molecular flexibility index (Phi) is 6.31. The molecule has 0 heterocycles. The summed E-state index contributed by atoms with van der Waals surface area (Å²) >= 11 is 0. The Morgan fingerprint density at radius 2 is 1.88 bits per heavy atom. The van der Waals surface area contributed by atoms with Crippen molar-refractivity contribution in [1.82, 2.24) is 0 Å². The van der Waals surface area contributed by atoms with E-state index in [1.807, 2.05) is 0 Å². The van der Waals surface area contributed by atoms with Gasteiger partial charge in [-0.05, 0) is 56.3 Å². The van der Waals surface area contributed by atoms with Gasteiger partial charge in [0.1, 0.15) is 0 Å². The number of halogens is 2. The standard InChI is InChI=1S/C15H24.2ClH/c1-11-6-5-7-12(2)13-10-15(3,4)14(13)9-8-11;;/h6,13-14H,2,5,7-10H2,1,3-4H3;2*1H/b11-6+;;/t13-,14-;;/m1../s1. The average molecular weight is 277 g/mol. The molecule has 1 saturated carbocycles. The fourth-order valence-corrected chi connectivity index (χ4v) is 3.44. The molecule has 2 heteroatoms. The van der Waals surface area contributed by atoms with Gasteiger partial charge in [0.25, 0.3) is 0 Å². The Bertz CT molecular complexity index is 302. The second-order valence-electron chi connectivity index (χ2n) is 6.19. The molecule has 0 unspecified atom stereocenters. The first-order valence-electron chi connectivity index (χ1n) is 6.34. The summed E-state index contributed by atoms with van der Waals surface area (Å²) in [6.45, 7) is 11.4. The maximum atomic E-state index is 4.30. The van der Waals surface area contributed by atoms with Crippen LogP contribution in [0.1, 0.15) is 52.9 Å². The van der Waals surface area contributed by atoms with E-state index in [-0.39, 0.29) is 24.8 Å². The summed E-state index contributed by atoms with van der Waals surface area (Å²) < 4.78 is 0. The number of hydrogen-bond donors (Lipinski definition) is 0. The second kappa shape index (κ2) is 6.29. The predicted molar refractivity (Wildman–Crippen MR) is 81.2 cm³/mol. The van der Waals surface area contributed by atoms with E-state index >= 15 is 0 Å². The van der Waals surface area contributed by atoms with Crippen molar-refractivity contribution in [2.75, 3.05) is 0 Å². The van der Waals surface area contributed by atoms with Crippen LogP contribution in [0.3, 0.4) is 0 Å². The molecule has 2 aliphatic carbocycles. The van der Waals surface area contributed by atoms with Crippen molar-refractivity contribution in [3.63, 3.8) is 0 Å². The molecule has 0 aromatic rings. The lowest BCUT2D eigenvalue weighted by Gasteiger charge is -2.53. The van der Waals surface area contributed by atoms with Gasteiger partial charge in [0.15, 0.2) is 0 Å². The Hall–Kier alpha value is 0.0600. The van der Waals surface area contributed by atoms with Gasteiger partial charge in [0.2, 0.25) is 0 Å². The van der Waals surface area contributed by atoms with Gasteiger partial charge in [0.05, 0.1) is 0 Å². The highest BCUT2D eigenvalue weighted by molar-refractivity contribution is 5.85. The number of rotatable bonds is 0. The molecule has 0 radical (unpaired) electrons. The second-order valence-corrected chi connectivity index (χ2v) is 6.19. The normalized spacial score (nSPS) is 34.3. The highest BCUT2D eigenvalue weighted by Crippen LogP contribution is 2.56. The fraction of sp³-hybridized carbons (Fsp3) is 0.733. The van der Waals surface area contributed by atoms with Gasteiger partial charge in [-0.3, -0.25) is 0 Å². The largest absolute Gasteiger partial charge is 0.147 e. The minimum Gasteiger partial charge on any atom is -0.147 e. The molecule has 0 aromatic heterocycles. The van der Waals surface area contributed by atoms with Crippen LogP contribution >= 0.6 is 24.8 Å². The highest BCUT2D eigenvalue weighted by atomic mass is 35.5. The summed E-state index contributed by atoms with van der Waals surface area (Å²) in [5.41, 5.74) is 3.68. The molecule has 2 atom stereocenters. The predicted octanol–water partition coefficient (Wildman–Crippen LogP) is 5.57. The first-order valence-corrected chi connectivity index (χ1v) is 6.34. The number of allylic oxidation sites excluding steroid dienone is 3. The summed E-state index contributed by atoms with van der Waals surface area (Å²) in [4.78, 5) is 0. The van der Waals surface area contributed by atoms with E-state index in [1.165, 1.54) is 37.7 Å². The minimum absolute atomic E-state index is 0. The smallest absolute Gasteiger partial charge is 0.0167 e. The fourth-order valence-electron chi connectivity index (χ4n) is 3.44. The van der Waals surface area contributed by atoms with Crippen LogP contribution < -0.4 is 0 Å². The van der Waals surface area contributed by atoms with Crippen LogP contribution in [-0.4, -0.2) is 0 Å². The van der Waals surface area contributed by atoms with Crippen LogP contribution in [0.5, 0.6) is 0 Å². The molecule has 17 heavy (non-hydrogen) atoms. The third kappa shape index (κ3) is 3.51. The zero-order valence-electron chi connectivity index (χ0n) is 11.3. The van der Waals surface area contributed by atoms with Gasteiger partial charge < -0.3 is 0 Å². The third-order valence-electron chi connectivity index (χ3n) is 4.57. The molecule has 0 aromatic carbocycles. The summed E-state index contributed by atoms with van der Waals surface area (Å²) in [5, 5.41) is 0. The van der Waals surface area contributed by atoms with Crippen LogP contribution in [-0.2, 0) is 0 Å². The lowest BCUT2D eigenvalue weighted by molar-refractivity contribution is 0.00384. The van der Waals surface area contributed by atoms with Gasteiger partial charge in [0, 0.05) is 0 Å². The molecule has 0 bridgehead atoms. The Morgan fingerprint density at radius 3 is 2.47 bits per heavy atom. The lowest BCUT2D eigenvalue weighted by atomic mass is 9.52. The zero-order valence-corrected chi connectivity index (χ0v) is 12.9. The van der Waals surface area contributed by atoms with Crippen molar-refractivity contribution in [1.29, 1.82) is 0 Å². The molecule has 0 saturated heterocycles. The van der Waals surface area contributed by atoms with E-state index in [0.717, 1.165) is 11.8 Å². The molecular formula is C15H26Cl2. The topological polar surface area (TPSA) is 0 Å². The molecule has 2 aliphatic rings. The van der Waals surface area contributed by atoms with Crippen LogP contribution in [0, 0.1) is 17.3 Å². The Morgan fingerprint density at radius 1 is 1.24 bits per heavy atom. The maximum Gasteiger partial charge on any atom is -0.0167 e. The van der Waals surface area contributed by atoms with Gasteiger partial charge in [-0.15, -0.1) is 24.8 Å². The molecule has 100 valence electrons. The van der Waals surface area contributed by atoms with Crippen molar-refractivity contribution < 1.29 is 0 Å². The number of hydrogen-bond acceptors (Lipinski definition) is 0. The van der Waals surface area contributed by atoms with Gasteiger partial charge in [-0.1, -0.05) is 37.6 Å². The van der Waals surface area contributed by atoms with Gasteiger partial charge in [-0.2, -0.15) is 0 Å². The first-order chi connectivity index (χ1) is 7.00. The van der Waals surface area contributed by atoms with E-state index in [0.29, 0.717) is 5.41 Å². The first kappa shape index (κ1) is 17.1. The summed E-state index contributed by atoms with van der Waals surface area (Å²) in [7, 11) is 0. The van der Waals surface area contributed by atoms with Crippen molar-refractivity contribution in [2.24, 2.45) is 17.3 Å². The summed E-state index contributed by atoms with van der Waals surface area (Å²) in [6, 6.07) is 0. The highest BCUT2D eigenvalue weighted by Gasteiger charge is 2.47. The molecule has 0 aliphatic heterocycles. The van der Waals surface area contributed by atoms with Crippen LogP contribution in [0.2, 0.25) is 0 Å². The van der Waals surface area contributed by atoms with E-state index < -0.39 is 0 Å². The number of fused-ring (bicyclic) bond motifs is 1. The SMILES string of the molecule is C=C1CC/C=C(\C)CC[C@@H]2[C@@H]1CC2(C)C.Cl.Cl. The summed E-state index contributed by atoms with van der Waals surface area (Å²) in [5.74, 6) is 1.73. The average Bonchev–Trinajstić information content (AvgIpc) is 2.18. The van der Waals surface area contributed by atoms with Crippen molar-refractivity contribution in [2.45, 2.75) is 52.9 Å². The summed E-state index contributed by atoms with van der Waals surface area (Å²) in [6.07, 6.45) is 8.90. The molecule has 0 N–H and O–H groups in total. The Balaban J connectivity index is 0.00000128. The molecular weight excluding hydrogens is 251 g/mol. The monoisotopic (exact) mass is 276 g/mol. The zero-order chi connectivity index (χ0) is 11.1. The molecule has 0 amide bonds.